The number of anilines is 1. The third-order valence-corrected chi connectivity index (χ3v) is 6.35. The molecule has 2 saturated heterocycles. The average molecular weight is 394 g/mol. The molecule has 0 radical (unpaired) electrons. The van der Waals surface area contributed by atoms with E-state index in [1.54, 1.807) is 0 Å². The minimum Gasteiger partial charge on any atom is -0.354 e. The summed E-state index contributed by atoms with van der Waals surface area (Å²) in [5.74, 6) is 1.75. The number of hydrogen-bond acceptors (Lipinski definition) is 5. The van der Waals surface area contributed by atoms with Crippen LogP contribution < -0.4 is 4.90 Å². The summed E-state index contributed by atoms with van der Waals surface area (Å²) < 4.78 is 0. The Morgan fingerprint density at radius 3 is 2.86 bits per heavy atom. The molecule has 0 amide bonds. The number of halogens is 1. The number of nitrogens with zero attached hydrogens (tertiary/aromatic N) is 5. The number of aryl methyl sites for hydroxylation is 1. The summed E-state index contributed by atoms with van der Waals surface area (Å²) in [6.45, 7) is 6.31. The third kappa shape index (κ3) is 3.45. The summed E-state index contributed by atoms with van der Waals surface area (Å²) in [7, 11) is 0. The molecule has 0 aliphatic carbocycles. The molecule has 144 valence electrons. The average Bonchev–Trinajstić information content (AvgIpc) is 3.09. The van der Waals surface area contributed by atoms with Crippen LogP contribution in [0, 0.1) is 12.8 Å². The summed E-state index contributed by atoms with van der Waals surface area (Å²) in [5, 5.41) is 0.697. The predicted molar refractivity (Wildman–Crippen MR) is 113 cm³/mol. The Labute approximate surface area is 170 Å². The molecule has 2 atom stereocenters. The number of aromatic nitrogens is 3. The van der Waals surface area contributed by atoms with Crippen LogP contribution in [-0.2, 0) is 6.54 Å². The monoisotopic (exact) mass is 393 g/mol. The molecule has 0 bridgehead atoms. The van der Waals surface area contributed by atoms with E-state index in [9.17, 15) is 0 Å². The first-order valence-corrected chi connectivity index (χ1v) is 10.4. The molecular formula is C22H24ClN5. The minimum atomic E-state index is 0.567. The zero-order chi connectivity index (χ0) is 19.1. The van der Waals surface area contributed by atoms with E-state index >= 15 is 0 Å². The molecule has 2 aliphatic heterocycles. The first-order chi connectivity index (χ1) is 13.7. The Morgan fingerprint density at radius 2 is 1.96 bits per heavy atom. The highest BCUT2D eigenvalue weighted by molar-refractivity contribution is 6.31. The van der Waals surface area contributed by atoms with Crippen LogP contribution in [0.5, 0.6) is 0 Å². The molecule has 0 spiro atoms. The second kappa shape index (κ2) is 7.30. The van der Waals surface area contributed by atoms with Gasteiger partial charge in [-0.15, -0.1) is 0 Å². The van der Waals surface area contributed by atoms with Crippen molar-refractivity contribution in [2.24, 2.45) is 5.92 Å². The van der Waals surface area contributed by atoms with Crippen LogP contribution in [-0.4, -0.2) is 45.5 Å². The van der Waals surface area contributed by atoms with Gasteiger partial charge in [-0.3, -0.25) is 14.9 Å². The minimum absolute atomic E-state index is 0.567. The second-order valence-corrected chi connectivity index (χ2v) is 8.49. The highest BCUT2D eigenvalue weighted by atomic mass is 35.5. The van der Waals surface area contributed by atoms with Crippen LogP contribution in [0.3, 0.4) is 0 Å². The molecule has 5 rings (SSSR count). The van der Waals surface area contributed by atoms with Gasteiger partial charge in [-0.25, -0.2) is 4.98 Å². The first kappa shape index (κ1) is 17.8. The third-order valence-electron chi connectivity index (χ3n) is 6.11. The van der Waals surface area contributed by atoms with Crippen molar-refractivity contribution in [2.45, 2.75) is 32.4 Å². The van der Waals surface area contributed by atoms with Crippen molar-refractivity contribution in [3.63, 3.8) is 0 Å². The molecule has 2 fully saturated rings. The van der Waals surface area contributed by atoms with Crippen LogP contribution in [0.2, 0.25) is 5.02 Å². The van der Waals surface area contributed by atoms with Crippen molar-refractivity contribution in [3.8, 4) is 0 Å². The SMILES string of the molecule is Cc1cncc(CN2CCC3CCN(c4cnc5cc(Cl)ccc5n4)CC32)c1. The van der Waals surface area contributed by atoms with Gasteiger partial charge >= 0.3 is 0 Å². The van der Waals surface area contributed by atoms with Crippen molar-refractivity contribution >= 4 is 28.5 Å². The van der Waals surface area contributed by atoms with E-state index in [1.165, 1.54) is 30.5 Å². The number of piperidine rings is 1. The molecule has 2 aromatic heterocycles. The maximum Gasteiger partial charge on any atom is 0.147 e. The lowest BCUT2D eigenvalue weighted by Gasteiger charge is -2.39. The molecular weight excluding hydrogens is 370 g/mol. The Bertz CT molecular complexity index is 1010. The van der Waals surface area contributed by atoms with Crippen LogP contribution in [0.4, 0.5) is 5.82 Å². The molecule has 6 heteroatoms. The van der Waals surface area contributed by atoms with Gasteiger partial charge in [-0.2, -0.15) is 0 Å². The lowest BCUT2D eigenvalue weighted by Crippen LogP contribution is -2.48. The highest BCUT2D eigenvalue weighted by Gasteiger charge is 2.38. The number of rotatable bonds is 3. The summed E-state index contributed by atoms with van der Waals surface area (Å²) in [4.78, 5) is 18.8. The summed E-state index contributed by atoms with van der Waals surface area (Å²) in [6, 6.07) is 8.52. The van der Waals surface area contributed by atoms with Crippen molar-refractivity contribution < 1.29 is 0 Å². The van der Waals surface area contributed by atoms with Gasteiger partial charge in [-0.05, 0) is 61.6 Å². The van der Waals surface area contributed by atoms with Gasteiger partial charge in [0.1, 0.15) is 5.82 Å². The van der Waals surface area contributed by atoms with Gasteiger partial charge in [0.05, 0.1) is 17.2 Å². The fraction of sp³-hybridized carbons (Fsp3) is 0.409. The number of likely N-dealkylation sites (tertiary alicyclic amines) is 1. The Balaban J connectivity index is 1.35. The normalized spacial score (nSPS) is 22.6. The zero-order valence-corrected chi connectivity index (χ0v) is 16.8. The van der Waals surface area contributed by atoms with Crippen molar-refractivity contribution in [3.05, 3.63) is 59.0 Å². The largest absolute Gasteiger partial charge is 0.354 e. The van der Waals surface area contributed by atoms with Gasteiger partial charge in [0.25, 0.3) is 0 Å². The molecule has 28 heavy (non-hydrogen) atoms. The Kier molecular flexibility index (Phi) is 4.65. The van der Waals surface area contributed by atoms with Crippen molar-refractivity contribution in [2.75, 3.05) is 24.5 Å². The molecule has 2 unspecified atom stereocenters. The van der Waals surface area contributed by atoms with Crippen LogP contribution in [0.1, 0.15) is 24.0 Å². The van der Waals surface area contributed by atoms with E-state index in [0.717, 1.165) is 42.4 Å². The summed E-state index contributed by atoms with van der Waals surface area (Å²) in [5.41, 5.74) is 4.28. The maximum atomic E-state index is 6.07. The van der Waals surface area contributed by atoms with Crippen molar-refractivity contribution in [1.29, 1.82) is 0 Å². The van der Waals surface area contributed by atoms with E-state index in [-0.39, 0.29) is 0 Å². The lowest BCUT2D eigenvalue weighted by molar-refractivity contribution is 0.200. The van der Waals surface area contributed by atoms with Gasteiger partial charge < -0.3 is 4.90 Å². The molecule has 5 nitrogen and oxygen atoms in total. The van der Waals surface area contributed by atoms with Crippen LogP contribution in [0.25, 0.3) is 11.0 Å². The standard InChI is InChI=1S/C22H24ClN5/c1-15-8-16(11-24-10-15)13-27-6-4-17-5-7-28(14-21(17)27)22-12-25-20-9-18(23)2-3-19(20)26-22/h2-3,8-12,17,21H,4-7,13-14H2,1H3. The Hall–Kier alpha value is -2.24. The second-order valence-electron chi connectivity index (χ2n) is 8.05. The van der Waals surface area contributed by atoms with Gasteiger partial charge in [0.2, 0.25) is 0 Å². The number of pyridine rings is 1. The van der Waals surface area contributed by atoms with Crippen LogP contribution in [0.15, 0.2) is 42.9 Å². The number of hydrogen-bond donors (Lipinski definition) is 0. The van der Waals surface area contributed by atoms with Gasteiger partial charge in [0.15, 0.2) is 0 Å². The predicted octanol–water partition coefficient (Wildman–Crippen LogP) is 4.09. The van der Waals surface area contributed by atoms with E-state index in [1.807, 2.05) is 36.8 Å². The van der Waals surface area contributed by atoms with E-state index in [2.05, 4.69) is 32.8 Å². The Morgan fingerprint density at radius 1 is 1.07 bits per heavy atom. The molecule has 0 saturated carbocycles. The van der Waals surface area contributed by atoms with Gasteiger partial charge in [0, 0.05) is 43.1 Å². The number of fused-ring (bicyclic) bond motifs is 2. The van der Waals surface area contributed by atoms with E-state index < -0.39 is 0 Å². The quantitative estimate of drug-likeness (QED) is 0.670. The van der Waals surface area contributed by atoms with E-state index in [0.29, 0.717) is 11.1 Å². The lowest BCUT2D eigenvalue weighted by atomic mass is 9.92. The fourth-order valence-electron chi connectivity index (χ4n) is 4.70. The number of benzene rings is 1. The van der Waals surface area contributed by atoms with E-state index in [4.69, 9.17) is 16.6 Å². The molecule has 1 aromatic carbocycles. The topological polar surface area (TPSA) is 45.2 Å². The molecule has 2 aliphatic rings. The fourth-order valence-corrected chi connectivity index (χ4v) is 4.86. The molecule has 0 N–H and O–H groups in total. The highest BCUT2D eigenvalue weighted by Crippen LogP contribution is 2.34. The summed E-state index contributed by atoms with van der Waals surface area (Å²) >= 11 is 6.07. The van der Waals surface area contributed by atoms with Crippen LogP contribution >= 0.6 is 11.6 Å². The first-order valence-electron chi connectivity index (χ1n) is 9.97. The zero-order valence-electron chi connectivity index (χ0n) is 16.1. The summed E-state index contributed by atoms with van der Waals surface area (Å²) in [6.07, 6.45) is 8.32. The van der Waals surface area contributed by atoms with Gasteiger partial charge in [-0.1, -0.05) is 17.7 Å². The van der Waals surface area contributed by atoms with Crippen molar-refractivity contribution in [1.82, 2.24) is 19.9 Å². The smallest absolute Gasteiger partial charge is 0.147 e. The molecule has 3 aromatic rings. The maximum absolute atomic E-state index is 6.07. The molecule has 4 heterocycles.